The lowest BCUT2D eigenvalue weighted by Gasteiger charge is -2.60. The fourth-order valence-electron chi connectivity index (χ4n) is 8.62. The van der Waals surface area contributed by atoms with Crippen molar-refractivity contribution in [3.05, 3.63) is 35.8 Å². The summed E-state index contributed by atoms with van der Waals surface area (Å²) in [6.45, 7) is 8.87. The minimum atomic E-state index is -0.692. The van der Waals surface area contributed by atoms with Crippen molar-refractivity contribution >= 4 is 5.78 Å². The van der Waals surface area contributed by atoms with Gasteiger partial charge in [0.1, 0.15) is 5.76 Å². The zero-order valence-corrected chi connectivity index (χ0v) is 18.6. The first-order valence-electron chi connectivity index (χ1n) is 12.3. The number of ketones is 1. The molecule has 0 aromatic carbocycles. The lowest BCUT2D eigenvalue weighted by Crippen LogP contribution is -2.56. The number of fused-ring (bicyclic) bond motifs is 6. The Kier molecular flexibility index (Phi) is 3.95. The average molecular weight is 409 g/mol. The molecule has 6 rings (SSSR count). The van der Waals surface area contributed by atoms with E-state index in [4.69, 9.17) is 4.42 Å². The van der Waals surface area contributed by atoms with Crippen molar-refractivity contribution in [1.29, 1.82) is 0 Å². The number of Topliss-reactive ketones (excluding diaryl/α,β-unsaturated/α-hetero) is 1. The minimum Gasteiger partial charge on any atom is -0.458 e. The normalized spacial score (nSPS) is 47.0. The minimum absolute atomic E-state index is 0.0154. The van der Waals surface area contributed by atoms with Crippen LogP contribution in [0, 0.1) is 40.4 Å². The summed E-state index contributed by atoms with van der Waals surface area (Å²) in [5, 5.41) is 11.3. The molecular formula is C27H36O3. The van der Waals surface area contributed by atoms with Crippen LogP contribution >= 0.6 is 0 Å². The van der Waals surface area contributed by atoms with Crippen LogP contribution in [-0.4, -0.2) is 16.5 Å². The molecule has 1 aromatic heterocycles. The van der Waals surface area contributed by atoms with Crippen molar-refractivity contribution in [2.45, 2.75) is 83.7 Å². The molecule has 0 spiro atoms. The average Bonchev–Trinajstić information content (AvgIpc) is 3.44. The highest BCUT2D eigenvalue weighted by Crippen LogP contribution is 2.68. The maximum absolute atomic E-state index is 12.6. The standard InChI is InChI=1S/C27H36O3/c1-4-27(29)12-10-21-19-8-7-18-14-22-17(13-23(30-22)24(28)16-5-6-16)15-25(18,2)20(19)9-11-26(21,27)3/h4,13,16,18-21,29H,1,5-12,14-15H2,2-3H3/t18-,19+,20-,21-,25-,26-,27-/m0/s1. The largest absolute Gasteiger partial charge is 0.458 e. The highest BCUT2D eigenvalue weighted by atomic mass is 16.3. The molecule has 0 amide bonds. The third kappa shape index (κ3) is 2.39. The summed E-state index contributed by atoms with van der Waals surface area (Å²) in [5.74, 6) is 4.87. The Hall–Kier alpha value is -1.35. The first-order valence-corrected chi connectivity index (χ1v) is 12.3. The van der Waals surface area contributed by atoms with E-state index in [9.17, 15) is 9.90 Å². The van der Waals surface area contributed by atoms with E-state index in [1.54, 1.807) is 0 Å². The SMILES string of the molecule is C=C[C@]1(O)CC[C@H]2[C@@H]3CC[C@H]4Cc5oc(C(=O)C6CC6)cc5C[C@]4(C)[C@H]3CC[C@@]21C. The lowest BCUT2D eigenvalue weighted by atomic mass is 9.44. The van der Waals surface area contributed by atoms with E-state index in [0.29, 0.717) is 29.4 Å². The zero-order valence-electron chi connectivity index (χ0n) is 18.6. The molecule has 0 unspecified atom stereocenters. The molecule has 30 heavy (non-hydrogen) atoms. The van der Waals surface area contributed by atoms with Gasteiger partial charge in [-0.3, -0.25) is 4.79 Å². The predicted octanol–water partition coefficient (Wildman–Crippen LogP) is 5.75. The van der Waals surface area contributed by atoms with E-state index in [1.807, 2.05) is 6.08 Å². The zero-order chi connectivity index (χ0) is 20.9. The van der Waals surface area contributed by atoms with Crippen LogP contribution in [-0.2, 0) is 12.8 Å². The first kappa shape index (κ1) is 19.3. The van der Waals surface area contributed by atoms with E-state index in [-0.39, 0.29) is 22.5 Å². The maximum atomic E-state index is 12.6. The number of carbonyl (C=O) groups is 1. The Labute approximate surface area is 180 Å². The van der Waals surface area contributed by atoms with Crippen LogP contribution in [0.2, 0.25) is 0 Å². The van der Waals surface area contributed by atoms with Crippen LogP contribution in [0.25, 0.3) is 0 Å². The monoisotopic (exact) mass is 408 g/mol. The molecule has 4 fully saturated rings. The first-order chi connectivity index (χ1) is 14.3. The van der Waals surface area contributed by atoms with Crippen molar-refractivity contribution in [3.63, 3.8) is 0 Å². The van der Waals surface area contributed by atoms with E-state index in [1.165, 1.54) is 24.8 Å². The molecule has 5 aliphatic rings. The fraction of sp³-hybridized carbons (Fsp3) is 0.741. The van der Waals surface area contributed by atoms with Crippen LogP contribution in [0.4, 0.5) is 0 Å². The van der Waals surface area contributed by atoms with E-state index in [0.717, 1.165) is 50.7 Å². The summed E-state index contributed by atoms with van der Waals surface area (Å²) in [5.41, 5.74) is 0.887. The van der Waals surface area contributed by atoms with Gasteiger partial charge in [-0.1, -0.05) is 19.9 Å². The molecule has 1 N–H and O–H groups in total. The fourth-order valence-corrected chi connectivity index (χ4v) is 8.62. The highest BCUT2D eigenvalue weighted by Gasteiger charge is 2.63. The number of aliphatic hydroxyl groups is 1. The van der Waals surface area contributed by atoms with Gasteiger partial charge in [0, 0.05) is 17.8 Å². The number of hydrogen-bond donors (Lipinski definition) is 1. The van der Waals surface area contributed by atoms with Crippen molar-refractivity contribution in [1.82, 2.24) is 0 Å². The quantitative estimate of drug-likeness (QED) is 0.512. The van der Waals surface area contributed by atoms with Gasteiger partial charge in [0.2, 0.25) is 5.78 Å². The molecular weight excluding hydrogens is 372 g/mol. The summed E-state index contributed by atoms with van der Waals surface area (Å²) in [4.78, 5) is 12.6. The van der Waals surface area contributed by atoms with Crippen LogP contribution in [0.5, 0.6) is 0 Å². The van der Waals surface area contributed by atoms with Gasteiger partial charge in [-0.2, -0.15) is 0 Å². The third-order valence-corrected chi connectivity index (χ3v) is 10.7. The van der Waals surface area contributed by atoms with Gasteiger partial charge >= 0.3 is 0 Å². The predicted molar refractivity (Wildman–Crippen MR) is 116 cm³/mol. The molecule has 1 heterocycles. The molecule has 7 atom stereocenters. The number of carbonyl (C=O) groups excluding carboxylic acids is 1. The van der Waals surface area contributed by atoms with Crippen LogP contribution < -0.4 is 0 Å². The number of hydrogen-bond acceptors (Lipinski definition) is 3. The van der Waals surface area contributed by atoms with Crippen LogP contribution in [0.15, 0.2) is 23.1 Å². The van der Waals surface area contributed by atoms with E-state index >= 15 is 0 Å². The van der Waals surface area contributed by atoms with E-state index < -0.39 is 5.60 Å². The van der Waals surface area contributed by atoms with Gasteiger partial charge in [-0.15, -0.1) is 6.58 Å². The van der Waals surface area contributed by atoms with Gasteiger partial charge in [-0.05, 0) is 98.5 Å². The summed E-state index contributed by atoms with van der Waals surface area (Å²) >= 11 is 0. The third-order valence-electron chi connectivity index (χ3n) is 10.7. The van der Waals surface area contributed by atoms with Crippen LogP contribution in [0.3, 0.4) is 0 Å². The second-order valence-corrected chi connectivity index (χ2v) is 11.9. The van der Waals surface area contributed by atoms with Crippen molar-refractivity contribution in [2.75, 3.05) is 0 Å². The van der Waals surface area contributed by atoms with Gasteiger partial charge in [-0.25, -0.2) is 0 Å². The molecule has 162 valence electrons. The molecule has 0 aliphatic heterocycles. The Bertz CT molecular complexity index is 909. The number of furan rings is 1. The smallest absolute Gasteiger partial charge is 0.201 e. The number of rotatable bonds is 3. The Morgan fingerprint density at radius 1 is 1.13 bits per heavy atom. The van der Waals surface area contributed by atoms with Crippen molar-refractivity contribution < 1.29 is 14.3 Å². The molecule has 4 saturated carbocycles. The van der Waals surface area contributed by atoms with Gasteiger partial charge in [0.25, 0.3) is 0 Å². The Balaban J connectivity index is 1.31. The molecule has 5 aliphatic carbocycles. The summed E-state index contributed by atoms with van der Waals surface area (Å²) in [6.07, 6.45) is 12.8. The molecule has 0 saturated heterocycles. The summed E-state index contributed by atoms with van der Waals surface area (Å²) in [6, 6.07) is 2.10. The van der Waals surface area contributed by atoms with Crippen molar-refractivity contribution in [2.24, 2.45) is 40.4 Å². The molecule has 3 nitrogen and oxygen atoms in total. The second-order valence-electron chi connectivity index (χ2n) is 11.9. The topological polar surface area (TPSA) is 50.4 Å². The Morgan fingerprint density at radius 3 is 2.63 bits per heavy atom. The summed E-state index contributed by atoms with van der Waals surface area (Å²) in [7, 11) is 0. The van der Waals surface area contributed by atoms with Crippen molar-refractivity contribution in [3.8, 4) is 0 Å². The molecule has 1 aromatic rings. The van der Waals surface area contributed by atoms with E-state index in [2.05, 4.69) is 26.5 Å². The van der Waals surface area contributed by atoms with Crippen LogP contribution in [0.1, 0.15) is 87.1 Å². The Morgan fingerprint density at radius 2 is 1.90 bits per heavy atom. The van der Waals surface area contributed by atoms with Gasteiger partial charge in [0.15, 0.2) is 5.76 Å². The van der Waals surface area contributed by atoms with Gasteiger partial charge in [0.05, 0.1) is 5.60 Å². The second kappa shape index (κ2) is 6.12. The molecule has 0 radical (unpaired) electrons. The highest BCUT2D eigenvalue weighted by molar-refractivity contribution is 5.97. The molecule has 0 bridgehead atoms. The maximum Gasteiger partial charge on any atom is 0.201 e. The summed E-state index contributed by atoms with van der Waals surface area (Å²) < 4.78 is 6.13. The lowest BCUT2D eigenvalue weighted by molar-refractivity contribution is -0.130. The molecule has 3 heteroatoms. The van der Waals surface area contributed by atoms with Gasteiger partial charge < -0.3 is 9.52 Å².